The minimum atomic E-state index is -1.73. The van der Waals surface area contributed by atoms with Crippen molar-refractivity contribution in [3.63, 3.8) is 0 Å². The molecule has 0 amide bonds. The van der Waals surface area contributed by atoms with Gasteiger partial charge in [0.15, 0.2) is 18.0 Å². The van der Waals surface area contributed by atoms with Crippen molar-refractivity contribution in [1.29, 1.82) is 0 Å². The molecular formula is C16H25N3O2P+. The number of rotatable bonds is 5. The molecule has 0 radical (unpaired) electrons. The molecule has 5 nitrogen and oxygen atoms in total. The number of fused-ring (bicyclic) bond motifs is 1. The predicted octanol–water partition coefficient (Wildman–Crippen LogP) is 4.76. The molecule has 0 aliphatic carbocycles. The van der Waals surface area contributed by atoms with Crippen LogP contribution in [0.25, 0.3) is 11.2 Å². The second kappa shape index (κ2) is 6.05. The topological polar surface area (TPSA) is 57.0 Å². The number of nitrogens with zero attached hydrogens (tertiary/aromatic N) is 3. The summed E-state index contributed by atoms with van der Waals surface area (Å²) in [6.07, 6.45) is 0. The molecule has 2 heterocycles. The zero-order valence-electron chi connectivity index (χ0n) is 14.4. The van der Waals surface area contributed by atoms with Crippen LogP contribution in [0.4, 0.5) is 0 Å². The van der Waals surface area contributed by atoms with Gasteiger partial charge in [-0.3, -0.25) is 4.57 Å². The van der Waals surface area contributed by atoms with Gasteiger partial charge in [-0.05, 0) is 36.5 Å². The fraction of sp³-hybridized carbons (Fsp3) is 0.625. The van der Waals surface area contributed by atoms with Gasteiger partial charge >= 0.3 is 8.03 Å². The van der Waals surface area contributed by atoms with Gasteiger partial charge in [0.2, 0.25) is 0 Å². The number of pyridine rings is 1. The minimum Gasteiger partial charge on any atom is -0.279 e. The number of aromatic nitrogens is 3. The van der Waals surface area contributed by atoms with E-state index >= 15 is 0 Å². The Bertz CT molecular complexity index is 705. The van der Waals surface area contributed by atoms with E-state index in [2.05, 4.69) is 27.7 Å². The van der Waals surface area contributed by atoms with Gasteiger partial charge in [-0.2, -0.15) is 0 Å². The number of hydrogen-bond donors (Lipinski definition) is 0. The zero-order chi connectivity index (χ0) is 16.7. The van der Waals surface area contributed by atoms with E-state index in [9.17, 15) is 4.57 Å². The summed E-state index contributed by atoms with van der Waals surface area (Å²) >= 11 is 0. The first-order chi connectivity index (χ1) is 10.1. The molecule has 0 bridgehead atoms. The van der Waals surface area contributed by atoms with Crippen molar-refractivity contribution < 1.29 is 9.09 Å². The van der Waals surface area contributed by atoms with Crippen LogP contribution in [0.2, 0.25) is 0 Å². The Labute approximate surface area is 133 Å². The standard InChI is InChI=1S/C16H25N3O2P/c1-10(2)12-8-9-13-15(17-12)19(14(18-13)11(3)4)16(5,6)21-22(7)20/h8-11H,1-7H3/q+1. The lowest BCUT2D eigenvalue weighted by Crippen LogP contribution is -2.30. The molecule has 0 aliphatic rings. The molecule has 1 unspecified atom stereocenters. The molecule has 2 aromatic rings. The average molecular weight is 322 g/mol. The third kappa shape index (κ3) is 3.21. The highest BCUT2D eigenvalue weighted by Gasteiger charge is 2.35. The van der Waals surface area contributed by atoms with Gasteiger partial charge in [-0.1, -0.05) is 27.7 Å². The second-order valence-corrected chi connectivity index (χ2v) is 7.73. The van der Waals surface area contributed by atoms with Crippen molar-refractivity contribution in [1.82, 2.24) is 14.5 Å². The maximum atomic E-state index is 11.6. The molecule has 0 fully saturated rings. The van der Waals surface area contributed by atoms with E-state index in [-0.39, 0.29) is 5.92 Å². The molecule has 2 rings (SSSR count). The fourth-order valence-corrected chi connectivity index (χ4v) is 3.30. The summed E-state index contributed by atoms with van der Waals surface area (Å²) in [5, 5.41) is 0. The Hall–Kier alpha value is -1.32. The van der Waals surface area contributed by atoms with E-state index in [4.69, 9.17) is 14.5 Å². The monoisotopic (exact) mass is 322 g/mol. The molecule has 0 saturated heterocycles. The number of imidazole rings is 1. The van der Waals surface area contributed by atoms with Gasteiger partial charge in [-0.25, -0.2) is 9.97 Å². The van der Waals surface area contributed by atoms with Gasteiger partial charge < -0.3 is 0 Å². The van der Waals surface area contributed by atoms with Gasteiger partial charge in [-0.15, -0.1) is 4.52 Å². The predicted molar refractivity (Wildman–Crippen MR) is 89.6 cm³/mol. The maximum Gasteiger partial charge on any atom is 0.507 e. The molecular weight excluding hydrogens is 297 g/mol. The Balaban J connectivity index is 2.74. The highest BCUT2D eigenvalue weighted by atomic mass is 31.1. The first kappa shape index (κ1) is 17.0. The molecule has 0 spiro atoms. The summed E-state index contributed by atoms with van der Waals surface area (Å²) < 4.78 is 19.3. The lowest BCUT2D eigenvalue weighted by Gasteiger charge is -2.24. The van der Waals surface area contributed by atoms with Crippen LogP contribution in [0.5, 0.6) is 0 Å². The Kier molecular flexibility index (Phi) is 4.69. The van der Waals surface area contributed by atoms with E-state index < -0.39 is 13.8 Å². The summed E-state index contributed by atoms with van der Waals surface area (Å²) in [5.74, 6) is 1.45. The lowest BCUT2D eigenvalue weighted by molar-refractivity contribution is 0.0412. The van der Waals surface area contributed by atoms with E-state index in [1.807, 2.05) is 30.5 Å². The van der Waals surface area contributed by atoms with Crippen LogP contribution in [0.15, 0.2) is 12.1 Å². The van der Waals surface area contributed by atoms with Crippen LogP contribution in [0, 0.1) is 0 Å². The molecule has 0 aliphatic heterocycles. The first-order valence-corrected chi connectivity index (χ1v) is 9.25. The van der Waals surface area contributed by atoms with E-state index in [0.29, 0.717) is 5.92 Å². The van der Waals surface area contributed by atoms with Crippen LogP contribution >= 0.6 is 8.03 Å². The van der Waals surface area contributed by atoms with Gasteiger partial charge in [0, 0.05) is 11.6 Å². The van der Waals surface area contributed by atoms with Crippen LogP contribution in [0.3, 0.4) is 0 Å². The highest BCUT2D eigenvalue weighted by molar-refractivity contribution is 7.38. The average Bonchev–Trinajstić information content (AvgIpc) is 2.76. The lowest BCUT2D eigenvalue weighted by atomic mass is 10.1. The minimum absolute atomic E-state index is 0.217. The molecule has 120 valence electrons. The van der Waals surface area contributed by atoms with Crippen LogP contribution in [0.1, 0.15) is 64.9 Å². The van der Waals surface area contributed by atoms with Crippen LogP contribution < -0.4 is 0 Å². The van der Waals surface area contributed by atoms with Crippen molar-refractivity contribution in [2.75, 3.05) is 6.66 Å². The van der Waals surface area contributed by atoms with Gasteiger partial charge in [0.05, 0.1) is 0 Å². The zero-order valence-corrected chi connectivity index (χ0v) is 15.3. The van der Waals surface area contributed by atoms with Crippen LogP contribution in [-0.4, -0.2) is 21.2 Å². The molecule has 0 saturated carbocycles. The summed E-state index contributed by atoms with van der Waals surface area (Å²) in [7, 11) is -1.73. The molecule has 0 aromatic carbocycles. The summed E-state index contributed by atoms with van der Waals surface area (Å²) in [5.41, 5.74) is 1.88. The summed E-state index contributed by atoms with van der Waals surface area (Å²) in [4.78, 5) is 9.49. The summed E-state index contributed by atoms with van der Waals surface area (Å²) in [6, 6.07) is 4.02. The smallest absolute Gasteiger partial charge is 0.279 e. The third-order valence-corrected chi connectivity index (χ3v) is 4.25. The SMILES string of the molecule is CC(C)c1ccc2nc(C(C)C)n(C(C)(C)O[P+](C)=O)c2n1. The summed E-state index contributed by atoms with van der Waals surface area (Å²) in [6.45, 7) is 13.8. The van der Waals surface area contributed by atoms with Crippen molar-refractivity contribution in [3.05, 3.63) is 23.7 Å². The maximum absolute atomic E-state index is 11.6. The number of hydrogen-bond acceptors (Lipinski definition) is 4. The second-order valence-electron chi connectivity index (χ2n) is 6.67. The quantitative estimate of drug-likeness (QED) is 0.745. The fourth-order valence-electron chi connectivity index (χ4n) is 2.58. The van der Waals surface area contributed by atoms with E-state index in [1.54, 1.807) is 6.66 Å². The van der Waals surface area contributed by atoms with Crippen molar-refractivity contribution in [2.45, 2.75) is 59.1 Å². The third-order valence-electron chi connectivity index (χ3n) is 3.55. The highest BCUT2D eigenvalue weighted by Crippen LogP contribution is 2.35. The van der Waals surface area contributed by atoms with Crippen molar-refractivity contribution in [3.8, 4) is 0 Å². The molecule has 22 heavy (non-hydrogen) atoms. The van der Waals surface area contributed by atoms with Crippen molar-refractivity contribution in [2.24, 2.45) is 0 Å². The van der Waals surface area contributed by atoms with E-state index in [1.165, 1.54) is 0 Å². The molecule has 1 atom stereocenters. The Morgan fingerprint density at radius 3 is 2.27 bits per heavy atom. The Morgan fingerprint density at radius 2 is 1.77 bits per heavy atom. The first-order valence-electron chi connectivity index (χ1n) is 7.63. The van der Waals surface area contributed by atoms with E-state index in [0.717, 1.165) is 22.7 Å². The largest absolute Gasteiger partial charge is 0.507 e. The van der Waals surface area contributed by atoms with Gasteiger partial charge in [0.25, 0.3) is 0 Å². The van der Waals surface area contributed by atoms with Gasteiger partial charge in [0.1, 0.15) is 11.3 Å². The Morgan fingerprint density at radius 1 is 1.14 bits per heavy atom. The van der Waals surface area contributed by atoms with Crippen LogP contribution in [-0.2, 0) is 14.8 Å². The molecule has 0 N–H and O–H groups in total. The van der Waals surface area contributed by atoms with Crippen molar-refractivity contribution >= 4 is 19.2 Å². The molecule has 2 aromatic heterocycles. The normalized spacial score (nSPS) is 13.4. The molecule has 6 heteroatoms.